The van der Waals surface area contributed by atoms with Crippen LogP contribution in [0, 0.1) is 0 Å². The molecule has 4 nitrogen and oxygen atoms in total. The number of nitrogens with one attached hydrogen (secondary N) is 1. The van der Waals surface area contributed by atoms with Crippen LogP contribution in [0.3, 0.4) is 0 Å². The first-order chi connectivity index (χ1) is 3.79. The highest BCUT2D eigenvalue weighted by Crippen LogP contribution is 1.94. The van der Waals surface area contributed by atoms with Gasteiger partial charge in [-0.3, -0.25) is 4.79 Å². The first-order valence-corrected chi connectivity index (χ1v) is 2.03. The summed E-state index contributed by atoms with van der Waals surface area (Å²) >= 11 is 0. The van der Waals surface area contributed by atoms with E-state index in [1.54, 1.807) is 0 Å². The molecule has 4 heteroatoms. The normalized spacial score (nSPS) is 9.00. The molecule has 0 amide bonds. The number of hydrogen-bond donors (Lipinski definition) is 2. The van der Waals surface area contributed by atoms with E-state index in [1.165, 1.54) is 0 Å². The lowest BCUT2D eigenvalue weighted by Gasteiger charge is -1.82. The lowest BCUT2D eigenvalue weighted by Crippen LogP contribution is -2.03. The summed E-state index contributed by atoms with van der Waals surface area (Å²) in [6.45, 7) is 0. The molecule has 1 rings (SSSR count). The lowest BCUT2D eigenvalue weighted by atomic mass is 10.5. The molecule has 0 aliphatic rings. The van der Waals surface area contributed by atoms with Crippen LogP contribution in [0.25, 0.3) is 0 Å². The van der Waals surface area contributed by atoms with Crippen molar-refractivity contribution in [1.29, 1.82) is 0 Å². The Hall–Kier alpha value is -1.32. The van der Waals surface area contributed by atoms with Gasteiger partial charge in [0.2, 0.25) is 0 Å². The van der Waals surface area contributed by atoms with Gasteiger partial charge in [0.05, 0.1) is 6.20 Å². The van der Waals surface area contributed by atoms with Crippen LogP contribution in [0.1, 0.15) is 0 Å². The second-order valence-electron chi connectivity index (χ2n) is 1.30. The third-order valence-electron chi connectivity index (χ3n) is 0.651. The van der Waals surface area contributed by atoms with E-state index in [0.29, 0.717) is 0 Å². The van der Waals surface area contributed by atoms with Crippen LogP contribution in [0.5, 0.6) is 5.75 Å². The second-order valence-corrected chi connectivity index (χ2v) is 1.30. The summed E-state index contributed by atoms with van der Waals surface area (Å²) < 4.78 is 0. The third kappa shape index (κ3) is 0.841. The van der Waals surface area contributed by atoms with E-state index in [1.807, 2.05) is 0 Å². The van der Waals surface area contributed by atoms with E-state index in [-0.39, 0.29) is 5.75 Å². The van der Waals surface area contributed by atoms with E-state index < -0.39 is 5.56 Å². The maximum atomic E-state index is 10.2. The van der Waals surface area contributed by atoms with Crippen molar-refractivity contribution in [3.05, 3.63) is 22.6 Å². The molecule has 0 atom stereocenters. The van der Waals surface area contributed by atoms with E-state index in [2.05, 4.69) is 10.2 Å². The predicted octanol–water partition coefficient (Wildman–Crippen LogP) is -0.525. The van der Waals surface area contributed by atoms with Crippen LogP contribution in [-0.2, 0) is 0 Å². The maximum Gasteiger partial charge on any atom is 0.267 e. The second kappa shape index (κ2) is 1.65. The molecule has 0 aliphatic carbocycles. The van der Waals surface area contributed by atoms with Crippen molar-refractivity contribution in [2.75, 3.05) is 0 Å². The van der Waals surface area contributed by atoms with Gasteiger partial charge >= 0.3 is 0 Å². The minimum atomic E-state index is -0.398. The highest BCUT2D eigenvalue weighted by molar-refractivity contribution is 5.09. The third-order valence-corrected chi connectivity index (χ3v) is 0.651. The van der Waals surface area contributed by atoms with Crippen LogP contribution in [0.4, 0.5) is 0 Å². The molecule has 0 saturated carbocycles. The van der Waals surface area contributed by atoms with Crippen molar-refractivity contribution >= 4 is 0 Å². The average molecular weight is 112 g/mol. The molecule has 2 N–H and O–H groups in total. The number of aromatic nitrogens is 2. The SMILES string of the molecule is O=c1cc(O)cn[nH]1. The molecule has 0 fully saturated rings. The van der Waals surface area contributed by atoms with Gasteiger partial charge in [-0.2, -0.15) is 5.10 Å². The molecule has 0 bridgehead atoms. The summed E-state index contributed by atoms with van der Waals surface area (Å²) in [5.74, 6) is -0.117. The maximum absolute atomic E-state index is 10.2. The van der Waals surface area contributed by atoms with E-state index in [4.69, 9.17) is 5.11 Å². The first-order valence-electron chi connectivity index (χ1n) is 2.03. The molecule has 8 heavy (non-hydrogen) atoms. The minimum Gasteiger partial charge on any atom is -0.506 e. The molecule has 1 aromatic heterocycles. The fraction of sp³-hybridized carbons (Fsp3) is 0. The van der Waals surface area contributed by atoms with Gasteiger partial charge in [-0.25, -0.2) is 5.10 Å². The van der Waals surface area contributed by atoms with Gasteiger partial charge in [-0.1, -0.05) is 0 Å². The molecular weight excluding hydrogens is 108 g/mol. The molecule has 1 aromatic rings. The van der Waals surface area contributed by atoms with Gasteiger partial charge in [0, 0.05) is 6.07 Å². The summed E-state index contributed by atoms with van der Waals surface area (Å²) in [5.41, 5.74) is -0.398. The van der Waals surface area contributed by atoms with Crippen LogP contribution >= 0.6 is 0 Å². The molecule has 0 aromatic carbocycles. The van der Waals surface area contributed by atoms with Crippen LogP contribution in [-0.4, -0.2) is 15.3 Å². The number of aromatic amines is 1. The Labute approximate surface area is 44.8 Å². The van der Waals surface area contributed by atoms with Gasteiger partial charge in [0.1, 0.15) is 5.75 Å². The van der Waals surface area contributed by atoms with E-state index in [0.717, 1.165) is 12.3 Å². The van der Waals surface area contributed by atoms with Crippen LogP contribution in [0.15, 0.2) is 17.1 Å². The number of hydrogen-bond acceptors (Lipinski definition) is 3. The highest BCUT2D eigenvalue weighted by atomic mass is 16.3. The summed E-state index contributed by atoms with van der Waals surface area (Å²) in [6.07, 6.45) is 1.15. The average Bonchev–Trinajstić information content (AvgIpc) is 1.64. The fourth-order valence-electron chi connectivity index (χ4n) is 0.366. The van der Waals surface area contributed by atoms with Gasteiger partial charge in [0.25, 0.3) is 5.56 Å². The zero-order valence-electron chi connectivity index (χ0n) is 3.96. The van der Waals surface area contributed by atoms with Crippen molar-refractivity contribution in [1.82, 2.24) is 10.2 Å². The Morgan fingerprint density at radius 1 is 1.75 bits per heavy atom. The highest BCUT2D eigenvalue weighted by Gasteiger charge is 1.84. The van der Waals surface area contributed by atoms with Crippen molar-refractivity contribution < 1.29 is 5.11 Å². The largest absolute Gasteiger partial charge is 0.506 e. The van der Waals surface area contributed by atoms with Gasteiger partial charge < -0.3 is 5.11 Å². The topological polar surface area (TPSA) is 66.0 Å². The Balaban J connectivity index is 3.28. The van der Waals surface area contributed by atoms with Gasteiger partial charge in [-0.15, -0.1) is 0 Å². The van der Waals surface area contributed by atoms with Crippen LogP contribution in [0.2, 0.25) is 0 Å². The fourth-order valence-corrected chi connectivity index (χ4v) is 0.366. The zero-order valence-corrected chi connectivity index (χ0v) is 3.96. The van der Waals surface area contributed by atoms with Crippen molar-refractivity contribution in [3.63, 3.8) is 0 Å². The standard InChI is InChI=1S/C4H4N2O2/c7-3-1-4(8)6-5-2-3/h1-2H,(H2,6,7,8). The number of nitrogens with zero attached hydrogens (tertiary/aromatic N) is 1. The minimum absolute atomic E-state index is 0.117. The van der Waals surface area contributed by atoms with Crippen LogP contribution < -0.4 is 5.56 Å². The Morgan fingerprint density at radius 2 is 2.50 bits per heavy atom. The smallest absolute Gasteiger partial charge is 0.267 e. The monoisotopic (exact) mass is 112 g/mol. The molecule has 0 aliphatic heterocycles. The molecule has 42 valence electrons. The van der Waals surface area contributed by atoms with Gasteiger partial charge in [0.15, 0.2) is 0 Å². The number of rotatable bonds is 0. The zero-order chi connectivity index (χ0) is 5.98. The Kier molecular flexibility index (Phi) is 0.997. The van der Waals surface area contributed by atoms with E-state index in [9.17, 15) is 4.79 Å². The summed E-state index contributed by atoms with van der Waals surface area (Å²) in [4.78, 5) is 10.2. The predicted molar refractivity (Wildman–Crippen MR) is 26.5 cm³/mol. The molecule has 1 heterocycles. The lowest BCUT2D eigenvalue weighted by molar-refractivity contribution is 0.469. The molecule has 0 unspecified atom stereocenters. The Bertz CT molecular complexity index is 229. The number of aromatic hydroxyl groups is 1. The Morgan fingerprint density at radius 3 is 2.88 bits per heavy atom. The first kappa shape index (κ1) is 4.83. The van der Waals surface area contributed by atoms with Crippen molar-refractivity contribution in [3.8, 4) is 5.75 Å². The molecular formula is C4H4N2O2. The summed E-state index contributed by atoms with van der Waals surface area (Å²) in [5, 5.41) is 13.9. The van der Waals surface area contributed by atoms with Gasteiger partial charge in [-0.05, 0) is 0 Å². The van der Waals surface area contributed by atoms with Crippen molar-refractivity contribution in [2.45, 2.75) is 0 Å². The molecule has 0 saturated heterocycles. The number of H-pyrrole nitrogens is 1. The van der Waals surface area contributed by atoms with E-state index >= 15 is 0 Å². The molecule has 0 spiro atoms. The molecule has 0 radical (unpaired) electrons. The quantitative estimate of drug-likeness (QED) is 0.474. The summed E-state index contributed by atoms with van der Waals surface area (Å²) in [6, 6.07) is 1.05. The van der Waals surface area contributed by atoms with Crippen molar-refractivity contribution in [2.24, 2.45) is 0 Å². The summed E-state index contributed by atoms with van der Waals surface area (Å²) in [7, 11) is 0.